The summed E-state index contributed by atoms with van der Waals surface area (Å²) in [6.45, 7) is 8.76. The summed E-state index contributed by atoms with van der Waals surface area (Å²) in [7, 11) is 1.70. The van der Waals surface area contributed by atoms with Crippen LogP contribution in [0.1, 0.15) is 74.0 Å². The molecule has 0 aromatic heterocycles. The van der Waals surface area contributed by atoms with Crippen LogP contribution in [0.2, 0.25) is 10.0 Å². The topological polar surface area (TPSA) is 67.9 Å². The Bertz CT molecular complexity index is 1520. The number of carbonyl (C=O) groups excluding carboxylic acids is 2. The van der Waals surface area contributed by atoms with Crippen LogP contribution in [0.4, 0.5) is 0 Å². The van der Waals surface area contributed by atoms with Crippen LogP contribution in [0.5, 0.6) is 0 Å². The van der Waals surface area contributed by atoms with Crippen molar-refractivity contribution in [2.45, 2.75) is 64.1 Å². The molecule has 0 radical (unpaired) electrons. The number of methoxy groups -OCH3 is 1. The molecular weight excluding hydrogens is 607 g/mol. The van der Waals surface area contributed by atoms with Gasteiger partial charge in [-0.15, -0.1) is 0 Å². The van der Waals surface area contributed by atoms with Gasteiger partial charge in [-0.05, 0) is 99.2 Å². The van der Waals surface area contributed by atoms with Crippen molar-refractivity contribution < 1.29 is 19.1 Å². The molecule has 1 aliphatic heterocycles. The normalized spacial score (nSPS) is 23.5. The van der Waals surface area contributed by atoms with Crippen molar-refractivity contribution in [3.8, 4) is 0 Å². The molecule has 5 rings (SSSR count). The van der Waals surface area contributed by atoms with Gasteiger partial charge >= 0.3 is 5.97 Å². The Morgan fingerprint density at radius 2 is 1.67 bits per heavy atom. The van der Waals surface area contributed by atoms with Crippen LogP contribution >= 0.6 is 23.2 Å². The molecule has 0 spiro atoms. The molecule has 1 amide bonds. The monoisotopic (exact) mass is 648 g/mol. The smallest absolute Gasteiger partial charge is 0.308 e. The first kappa shape index (κ1) is 33.1. The molecule has 45 heavy (non-hydrogen) atoms. The minimum Gasteiger partial charge on any atom is -0.497 e. The van der Waals surface area contributed by atoms with Gasteiger partial charge in [0.2, 0.25) is 0 Å². The molecule has 2 aliphatic carbocycles. The number of nitrogens with zero attached hydrogens (tertiary/aromatic N) is 1. The minimum atomic E-state index is -0.548. The van der Waals surface area contributed by atoms with Crippen molar-refractivity contribution in [1.29, 1.82) is 0 Å². The predicted molar refractivity (Wildman–Crippen MR) is 180 cm³/mol. The minimum absolute atomic E-state index is 0.0906. The fourth-order valence-electron chi connectivity index (χ4n) is 6.45. The lowest BCUT2D eigenvalue weighted by atomic mass is 9.80. The van der Waals surface area contributed by atoms with E-state index >= 15 is 0 Å². The average Bonchev–Trinajstić information content (AvgIpc) is 3.44. The molecule has 1 heterocycles. The van der Waals surface area contributed by atoms with Crippen molar-refractivity contribution >= 4 is 35.1 Å². The van der Waals surface area contributed by atoms with Gasteiger partial charge in [0.15, 0.2) is 0 Å². The highest BCUT2D eigenvalue weighted by Crippen LogP contribution is 2.43. The lowest BCUT2D eigenvalue weighted by Crippen LogP contribution is -2.34. The van der Waals surface area contributed by atoms with E-state index in [1.807, 2.05) is 57.2 Å². The first-order chi connectivity index (χ1) is 21.4. The number of amides is 1. The molecule has 1 fully saturated rings. The number of allylic oxidation sites excluding steroid dienone is 5. The van der Waals surface area contributed by atoms with E-state index in [0.29, 0.717) is 15.6 Å². The summed E-state index contributed by atoms with van der Waals surface area (Å²) in [6, 6.07) is 13.9. The highest BCUT2D eigenvalue weighted by Gasteiger charge is 2.39. The Kier molecular flexibility index (Phi) is 10.3. The van der Waals surface area contributed by atoms with Crippen molar-refractivity contribution in [2.75, 3.05) is 20.2 Å². The summed E-state index contributed by atoms with van der Waals surface area (Å²) in [6.07, 6.45) is 14.5. The van der Waals surface area contributed by atoms with Crippen LogP contribution < -0.4 is 5.32 Å². The maximum absolute atomic E-state index is 12.8. The van der Waals surface area contributed by atoms with Gasteiger partial charge in [0.05, 0.1) is 13.5 Å². The first-order valence-corrected chi connectivity index (χ1v) is 16.3. The number of hydrogen-bond acceptors (Lipinski definition) is 5. The van der Waals surface area contributed by atoms with Crippen molar-refractivity contribution in [3.05, 3.63) is 117 Å². The van der Waals surface area contributed by atoms with Crippen LogP contribution in [-0.4, -0.2) is 48.6 Å². The third-order valence-corrected chi connectivity index (χ3v) is 9.12. The molecule has 3 unspecified atom stereocenters. The number of hydrogen-bond donors (Lipinski definition) is 1. The molecule has 1 N–H and O–H groups in total. The summed E-state index contributed by atoms with van der Waals surface area (Å²) >= 11 is 12.8. The number of benzene rings is 2. The number of likely N-dealkylation sites (tertiary alicyclic amines) is 1. The van der Waals surface area contributed by atoms with Gasteiger partial charge in [-0.3, -0.25) is 14.5 Å². The highest BCUT2D eigenvalue weighted by molar-refractivity contribution is 6.34. The molecule has 3 aliphatic rings. The first-order valence-electron chi connectivity index (χ1n) is 15.6. The van der Waals surface area contributed by atoms with E-state index in [-0.39, 0.29) is 54.7 Å². The third kappa shape index (κ3) is 8.29. The number of fused-ring (bicyclic) bond motifs is 1. The molecular formula is C37H42Cl2N2O4. The lowest BCUT2D eigenvalue weighted by Gasteiger charge is -2.34. The van der Waals surface area contributed by atoms with Crippen LogP contribution in [0.15, 0.2) is 90.3 Å². The van der Waals surface area contributed by atoms with Crippen molar-refractivity contribution in [2.24, 2.45) is 11.8 Å². The van der Waals surface area contributed by atoms with Gasteiger partial charge < -0.3 is 14.8 Å². The largest absolute Gasteiger partial charge is 0.497 e. The Hall–Kier alpha value is -3.32. The van der Waals surface area contributed by atoms with Crippen molar-refractivity contribution in [1.82, 2.24) is 10.2 Å². The molecule has 1 saturated heterocycles. The Morgan fingerprint density at radius 1 is 1.00 bits per heavy atom. The predicted octanol–water partition coefficient (Wildman–Crippen LogP) is 8.20. The van der Waals surface area contributed by atoms with Crippen LogP contribution in [-0.2, 0) is 14.3 Å². The average molecular weight is 650 g/mol. The van der Waals surface area contributed by atoms with E-state index < -0.39 is 5.60 Å². The SMILES string of the molecule is COC1=CC2C=CC([C@H]3C[C@H](c4cc(Cl)cc(Cl)c4)CN3C(C)c3ccc(C(=O)NCCC(=O)OC(C)(C)C)cc3)=CC2C=C1. The van der Waals surface area contributed by atoms with Gasteiger partial charge in [-0.2, -0.15) is 0 Å². The maximum Gasteiger partial charge on any atom is 0.308 e. The Labute approximate surface area is 276 Å². The number of nitrogens with one attached hydrogen (secondary N) is 1. The maximum atomic E-state index is 12.8. The second-order valence-electron chi connectivity index (χ2n) is 13.1. The van der Waals surface area contributed by atoms with E-state index in [0.717, 1.165) is 29.9 Å². The van der Waals surface area contributed by atoms with E-state index in [2.05, 4.69) is 53.6 Å². The van der Waals surface area contributed by atoms with Gasteiger partial charge in [0.25, 0.3) is 5.91 Å². The van der Waals surface area contributed by atoms with Crippen LogP contribution in [0.25, 0.3) is 0 Å². The Balaban J connectivity index is 1.32. The standard InChI is InChI=1S/C37H42Cl2N2O4/c1-23(24-6-8-25(9-7-24)36(43)40-15-14-35(42)45-37(2,3)4)41-22-30(29-17-31(38)21-32(39)18-29)20-34(41)28-11-10-27-19-33(44-5)13-12-26(27)16-28/h6-13,16-19,21,23,26-27,30,34H,14-15,20,22H2,1-5H3,(H,40,43)/t23?,26?,27?,30-,34+/m0/s1. The number of esters is 1. The van der Waals surface area contributed by atoms with E-state index in [4.69, 9.17) is 32.7 Å². The van der Waals surface area contributed by atoms with E-state index in [1.54, 1.807) is 13.2 Å². The van der Waals surface area contributed by atoms with Crippen LogP contribution in [0.3, 0.4) is 0 Å². The molecule has 2 aromatic rings. The number of ether oxygens (including phenoxy) is 2. The van der Waals surface area contributed by atoms with Crippen molar-refractivity contribution in [3.63, 3.8) is 0 Å². The van der Waals surface area contributed by atoms with Gasteiger partial charge in [-0.25, -0.2) is 0 Å². The van der Waals surface area contributed by atoms with Crippen LogP contribution in [0, 0.1) is 11.8 Å². The molecule has 2 aromatic carbocycles. The van der Waals surface area contributed by atoms with E-state index in [9.17, 15) is 9.59 Å². The number of halogens is 2. The zero-order valence-corrected chi connectivity index (χ0v) is 28.1. The molecule has 8 heteroatoms. The summed E-state index contributed by atoms with van der Waals surface area (Å²) in [5.74, 6) is 1.18. The zero-order valence-electron chi connectivity index (χ0n) is 26.6. The van der Waals surface area contributed by atoms with Gasteiger partial charge in [-0.1, -0.05) is 59.6 Å². The summed E-state index contributed by atoms with van der Waals surface area (Å²) in [4.78, 5) is 27.3. The van der Waals surface area contributed by atoms with E-state index in [1.165, 1.54) is 5.57 Å². The summed E-state index contributed by atoms with van der Waals surface area (Å²) in [5.41, 5.74) is 3.58. The fourth-order valence-corrected chi connectivity index (χ4v) is 6.99. The lowest BCUT2D eigenvalue weighted by molar-refractivity contribution is -0.154. The quantitative estimate of drug-likeness (QED) is 0.278. The third-order valence-electron chi connectivity index (χ3n) is 8.68. The number of carbonyl (C=O) groups is 2. The summed E-state index contributed by atoms with van der Waals surface area (Å²) in [5, 5.41) is 4.12. The summed E-state index contributed by atoms with van der Waals surface area (Å²) < 4.78 is 10.8. The molecule has 6 nitrogen and oxygen atoms in total. The fraction of sp³-hybridized carbons (Fsp3) is 0.405. The molecule has 0 saturated carbocycles. The molecule has 0 bridgehead atoms. The second kappa shape index (κ2) is 14.0. The zero-order chi connectivity index (χ0) is 32.3. The Morgan fingerprint density at radius 3 is 2.33 bits per heavy atom. The molecule has 5 atom stereocenters. The second-order valence-corrected chi connectivity index (χ2v) is 13.9. The highest BCUT2D eigenvalue weighted by atomic mass is 35.5. The van der Waals surface area contributed by atoms with Gasteiger partial charge in [0.1, 0.15) is 11.4 Å². The van der Waals surface area contributed by atoms with Gasteiger partial charge in [0, 0.05) is 52.6 Å². The number of rotatable bonds is 9. The molecule has 238 valence electrons.